The van der Waals surface area contributed by atoms with Gasteiger partial charge in [-0.3, -0.25) is 0 Å². The van der Waals surface area contributed by atoms with Gasteiger partial charge < -0.3 is 15.4 Å². The predicted octanol–water partition coefficient (Wildman–Crippen LogP) is 5.02. The van der Waals surface area contributed by atoms with E-state index in [1.165, 1.54) is 24.5 Å². The van der Waals surface area contributed by atoms with Crippen LogP contribution in [0.2, 0.25) is 0 Å². The molecule has 152 valence electrons. The van der Waals surface area contributed by atoms with Crippen LogP contribution in [0.5, 0.6) is 0 Å². The number of carbonyl (C=O) groups is 1. The number of carboxylic acid groups (broad SMARTS) is 1. The zero-order valence-corrected chi connectivity index (χ0v) is 17.0. The molecule has 6 nitrogen and oxygen atoms in total. The fourth-order valence-electron chi connectivity index (χ4n) is 3.21. The number of rotatable bonds is 6. The van der Waals surface area contributed by atoms with Gasteiger partial charge in [0.25, 0.3) is 0 Å². The van der Waals surface area contributed by atoms with Gasteiger partial charge in [0.2, 0.25) is 0 Å². The molecule has 0 atom stereocenters. The van der Waals surface area contributed by atoms with Crippen LogP contribution in [0, 0.1) is 11.6 Å². The third-order valence-electron chi connectivity index (χ3n) is 4.62. The van der Waals surface area contributed by atoms with Crippen molar-refractivity contribution in [1.29, 1.82) is 0 Å². The van der Waals surface area contributed by atoms with Crippen LogP contribution < -0.4 is 5.32 Å². The SMILES string of the molecule is O=C(O)c1cccc2[nH]c(-c3cc(NCCc4c(F)cc(Br)cc4F)ncn3)cc12. The molecule has 2 heterocycles. The molecule has 4 aromatic rings. The maximum absolute atomic E-state index is 13.9. The smallest absolute Gasteiger partial charge is 0.336 e. The Morgan fingerprint density at radius 3 is 2.63 bits per heavy atom. The second-order valence-electron chi connectivity index (χ2n) is 6.57. The molecule has 2 aromatic heterocycles. The van der Waals surface area contributed by atoms with Crippen LogP contribution in [0.15, 0.2) is 53.3 Å². The number of nitrogens with one attached hydrogen (secondary N) is 2. The molecule has 0 unspecified atom stereocenters. The molecule has 9 heteroatoms. The van der Waals surface area contributed by atoms with Gasteiger partial charge in [0.1, 0.15) is 23.8 Å². The van der Waals surface area contributed by atoms with E-state index in [0.29, 0.717) is 32.6 Å². The second kappa shape index (κ2) is 8.19. The molecule has 0 aliphatic heterocycles. The third-order valence-corrected chi connectivity index (χ3v) is 5.08. The summed E-state index contributed by atoms with van der Waals surface area (Å²) in [6.07, 6.45) is 1.50. The van der Waals surface area contributed by atoms with E-state index >= 15 is 0 Å². The van der Waals surface area contributed by atoms with Crippen molar-refractivity contribution in [1.82, 2.24) is 15.0 Å². The van der Waals surface area contributed by atoms with E-state index in [1.54, 1.807) is 24.3 Å². The zero-order valence-electron chi connectivity index (χ0n) is 15.4. The summed E-state index contributed by atoms with van der Waals surface area (Å²) in [6.45, 7) is 0.266. The van der Waals surface area contributed by atoms with Crippen LogP contribution >= 0.6 is 15.9 Å². The highest BCUT2D eigenvalue weighted by atomic mass is 79.9. The quantitative estimate of drug-likeness (QED) is 0.366. The summed E-state index contributed by atoms with van der Waals surface area (Å²) >= 11 is 3.06. The van der Waals surface area contributed by atoms with E-state index in [9.17, 15) is 18.7 Å². The number of hydrogen-bond donors (Lipinski definition) is 3. The minimum atomic E-state index is -1.01. The number of aromatic nitrogens is 3. The highest BCUT2D eigenvalue weighted by Gasteiger charge is 2.13. The van der Waals surface area contributed by atoms with Crippen LogP contribution in [0.1, 0.15) is 15.9 Å². The normalized spacial score (nSPS) is 11.0. The van der Waals surface area contributed by atoms with Gasteiger partial charge in [-0.1, -0.05) is 22.0 Å². The predicted molar refractivity (Wildman–Crippen MR) is 113 cm³/mol. The largest absolute Gasteiger partial charge is 0.478 e. The first kappa shape index (κ1) is 20.0. The first-order chi connectivity index (χ1) is 14.4. The highest BCUT2D eigenvalue weighted by Crippen LogP contribution is 2.26. The summed E-state index contributed by atoms with van der Waals surface area (Å²) in [5.74, 6) is -1.75. The van der Waals surface area contributed by atoms with Crippen molar-refractivity contribution in [2.75, 3.05) is 11.9 Å². The molecular formula is C21H15BrF2N4O2. The number of aromatic amines is 1. The molecule has 4 rings (SSSR count). The van der Waals surface area contributed by atoms with Gasteiger partial charge in [0.05, 0.1) is 17.0 Å². The highest BCUT2D eigenvalue weighted by molar-refractivity contribution is 9.10. The minimum Gasteiger partial charge on any atom is -0.478 e. The summed E-state index contributed by atoms with van der Waals surface area (Å²) in [6, 6.07) is 10.8. The van der Waals surface area contributed by atoms with E-state index < -0.39 is 17.6 Å². The number of carboxylic acids is 1. The van der Waals surface area contributed by atoms with Gasteiger partial charge in [0.15, 0.2) is 0 Å². The van der Waals surface area contributed by atoms with E-state index in [4.69, 9.17) is 0 Å². The molecular weight excluding hydrogens is 458 g/mol. The Labute approximate surface area is 178 Å². The fourth-order valence-corrected chi connectivity index (χ4v) is 3.61. The van der Waals surface area contributed by atoms with Gasteiger partial charge in [-0.2, -0.15) is 0 Å². The lowest BCUT2D eigenvalue weighted by molar-refractivity contribution is 0.0699. The summed E-state index contributed by atoms with van der Waals surface area (Å²) in [5.41, 5.74) is 2.06. The number of halogens is 3. The van der Waals surface area contributed by atoms with Crippen molar-refractivity contribution in [3.63, 3.8) is 0 Å². The maximum Gasteiger partial charge on any atom is 0.336 e. The number of benzene rings is 2. The fraction of sp³-hybridized carbons (Fsp3) is 0.0952. The van der Waals surface area contributed by atoms with Gasteiger partial charge in [-0.05, 0) is 36.8 Å². The average Bonchev–Trinajstić information content (AvgIpc) is 3.14. The molecule has 0 saturated carbocycles. The summed E-state index contributed by atoms with van der Waals surface area (Å²) in [4.78, 5) is 22.9. The number of H-pyrrole nitrogens is 1. The van der Waals surface area contributed by atoms with Crippen molar-refractivity contribution in [3.05, 3.63) is 76.0 Å². The Morgan fingerprint density at radius 1 is 1.13 bits per heavy atom. The van der Waals surface area contributed by atoms with Crippen molar-refractivity contribution in [3.8, 4) is 11.4 Å². The zero-order chi connectivity index (χ0) is 21.3. The first-order valence-corrected chi connectivity index (χ1v) is 9.76. The van der Waals surface area contributed by atoms with Crippen LogP contribution in [-0.2, 0) is 6.42 Å². The van der Waals surface area contributed by atoms with Crippen molar-refractivity contribution in [2.45, 2.75) is 6.42 Å². The number of nitrogens with zero attached hydrogens (tertiary/aromatic N) is 2. The second-order valence-corrected chi connectivity index (χ2v) is 7.48. The Bertz CT molecular complexity index is 1240. The Kier molecular flexibility index (Phi) is 5.45. The van der Waals surface area contributed by atoms with E-state index in [0.717, 1.165) is 0 Å². The van der Waals surface area contributed by atoms with Gasteiger partial charge >= 0.3 is 5.97 Å². The topological polar surface area (TPSA) is 90.9 Å². The first-order valence-electron chi connectivity index (χ1n) is 8.97. The molecule has 0 aliphatic carbocycles. The van der Waals surface area contributed by atoms with Gasteiger partial charge in [-0.15, -0.1) is 0 Å². The molecule has 0 fully saturated rings. The monoisotopic (exact) mass is 472 g/mol. The molecule has 0 saturated heterocycles. The Hall–Kier alpha value is -3.33. The van der Waals surface area contributed by atoms with E-state index in [2.05, 4.69) is 36.2 Å². The molecule has 30 heavy (non-hydrogen) atoms. The Balaban J connectivity index is 1.53. The standard InChI is InChI=1S/C21H15BrF2N4O2/c22-11-6-15(23)13(16(24)7-11)4-5-25-20-9-18(26-10-27-20)19-8-14-12(21(29)30)2-1-3-17(14)28-19/h1-3,6-10,28H,4-5H2,(H,29,30)(H,25,26,27). The number of anilines is 1. The van der Waals surface area contributed by atoms with Crippen molar-refractivity contribution in [2.24, 2.45) is 0 Å². The minimum absolute atomic E-state index is 0.00297. The van der Waals surface area contributed by atoms with Crippen LogP contribution in [-0.4, -0.2) is 32.6 Å². The maximum atomic E-state index is 13.9. The molecule has 2 aromatic carbocycles. The van der Waals surface area contributed by atoms with Crippen LogP contribution in [0.3, 0.4) is 0 Å². The number of aromatic carboxylic acids is 1. The van der Waals surface area contributed by atoms with Gasteiger partial charge in [-0.25, -0.2) is 23.5 Å². The van der Waals surface area contributed by atoms with E-state index in [-0.39, 0.29) is 24.1 Å². The van der Waals surface area contributed by atoms with E-state index in [1.807, 2.05) is 0 Å². The lowest BCUT2D eigenvalue weighted by Crippen LogP contribution is -2.09. The Morgan fingerprint density at radius 2 is 1.90 bits per heavy atom. The van der Waals surface area contributed by atoms with Crippen LogP contribution in [0.4, 0.5) is 14.6 Å². The summed E-state index contributed by atoms with van der Waals surface area (Å²) in [5, 5.41) is 13.0. The molecule has 0 bridgehead atoms. The lowest BCUT2D eigenvalue weighted by Gasteiger charge is -2.08. The van der Waals surface area contributed by atoms with Crippen molar-refractivity contribution < 1.29 is 18.7 Å². The molecule has 0 aliphatic rings. The number of hydrogen-bond acceptors (Lipinski definition) is 4. The third kappa shape index (κ3) is 4.02. The van der Waals surface area contributed by atoms with Crippen molar-refractivity contribution >= 4 is 38.6 Å². The lowest BCUT2D eigenvalue weighted by atomic mass is 10.1. The van der Waals surface area contributed by atoms with Crippen LogP contribution in [0.25, 0.3) is 22.3 Å². The summed E-state index contributed by atoms with van der Waals surface area (Å²) < 4.78 is 28.2. The molecule has 0 radical (unpaired) electrons. The molecule has 3 N–H and O–H groups in total. The average molecular weight is 473 g/mol. The molecule has 0 amide bonds. The number of fused-ring (bicyclic) bond motifs is 1. The van der Waals surface area contributed by atoms with Gasteiger partial charge in [0, 0.05) is 33.6 Å². The molecule has 0 spiro atoms. The summed E-state index contributed by atoms with van der Waals surface area (Å²) in [7, 11) is 0.